The van der Waals surface area contributed by atoms with Crippen molar-refractivity contribution in [1.29, 1.82) is 0 Å². The second kappa shape index (κ2) is 20.4. The summed E-state index contributed by atoms with van der Waals surface area (Å²) in [5.74, 6) is -2.37. The maximum absolute atomic E-state index is 14.5. The van der Waals surface area contributed by atoms with E-state index in [1.807, 2.05) is 29.2 Å². The van der Waals surface area contributed by atoms with E-state index in [2.05, 4.69) is 91.8 Å². The highest BCUT2D eigenvalue weighted by Gasteiger charge is 2.38. The fourth-order valence-corrected chi connectivity index (χ4v) is 5.98. The van der Waals surface area contributed by atoms with E-state index in [9.17, 15) is 31.1 Å². The van der Waals surface area contributed by atoms with Crippen LogP contribution in [0.2, 0.25) is 5.02 Å². The van der Waals surface area contributed by atoms with Crippen LogP contribution in [0.5, 0.6) is 0 Å². The number of halogens is 7. The molecular weight excluding hydrogens is 718 g/mol. The van der Waals surface area contributed by atoms with E-state index >= 15 is 0 Å². The maximum Gasteiger partial charge on any atom is 0.490 e. The summed E-state index contributed by atoms with van der Waals surface area (Å²) in [6, 6.07) is 22.3. The van der Waals surface area contributed by atoms with E-state index in [1.165, 1.54) is 5.56 Å². The van der Waals surface area contributed by atoms with Gasteiger partial charge in [0.1, 0.15) is 0 Å². The highest BCUT2D eigenvalue weighted by molar-refractivity contribution is 6.30. The molecule has 5 rings (SSSR count). The summed E-state index contributed by atoms with van der Waals surface area (Å²) in [4.78, 5) is 39.4. The number of carbonyl (C=O) groups excluding carboxylic acids is 1. The number of alkyl halides is 6. The Morgan fingerprint density at radius 3 is 2.21 bits per heavy atom. The third-order valence-corrected chi connectivity index (χ3v) is 8.17. The molecule has 3 aromatic carbocycles. The normalized spacial score (nSPS) is 14.9. The lowest BCUT2D eigenvalue weighted by Crippen LogP contribution is -2.52. The molecule has 16 heteroatoms. The summed E-state index contributed by atoms with van der Waals surface area (Å²) >= 11 is 6.39. The lowest BCUT2D eigenvalue weighted by molar-refractivity contribution is -0.192. The molecule has 1 aromatic heterocycles. The monoisotopic (exact) mass is 758 g/mol. The number of aryl methyl sites for hydroxylation is 1. The van der Waals surface area contributed by atoms with Crippen LogP contribution in [0.15, 0.2) is 72.9 Å². The van der Waals surface area contributed by atoms with Crippen molar-refractivity contribution in [1.82, 2.24) is 15.2 Å². The number of carboxylic acid groups (broad SMARTS) is 2. The molecule has 284 valence electrons. The standard InChI is InChI=1S/C32H37ClN4O.C2HF3O2.CHF3.CH2O2/c1-21-9-11-23(12-10-21)17-35-31(22(2)28-18-34-29-8-6-5-7-27(28)29)32(38)37-20-24(19-36(3)4)15-25-16-26(33)13-14-30(25)37;3-2(4,5)1(6)7;2-1(3)4;2-1-3/h5-14,16,18,22,24,31,34-35H,15,17,19-20H2,1-4H3;(H,6,7);1H;1H,(H,2,3)/t22?,24-,31?;;;/m1.../s1. The van der Waals surface area contributed by atoms with E-state index in [-0.39, 0.29) is 18.3 Å². The molecule has 1 aliphatic heterocycles. The number of nitrogens with zero attached hydrogens (tertiary/aromatic N) is 2. The zero-order valence-corrected chi connectivity index (χ0v) is 29.6. The number of amides is 1. The SMILES string of the molecule is Cc1ccc(CNC(C(=O)N2C[C@@H](CN(C)C)Cc3cc(Cl)ccc32)C(C)c2c[nH]c3ccccc23)cc1.FC(F)F.O=C(O)C(F)(F)F.O=CO. The summed E-state index contributed by atoms with van der Waals surface area (Å²) < 4.78 is 60.7. The molecule has 0 fully saturated rings. The fourth-order valence-electron chi connectivity index (χ4n) is 5.79. The molecule has 0 saturated heterocycles. The molecule has 52 heavy (non-hydrogen) atoms. The Kier molecular flexibility index (Phi) is 17.1. The summed E-state index contributed by atoms with van der Waals surface area (Å²) in [5, 5.41) is 19.5. The topological polar surface area (TPSA) is 126 Å². The number of carboxylic acids is 1. The number of aliphatic carboxylic acids is 1. The molecule has 9 nitrogen and oxygen atoms in total. The number of hydrogen-bond acceptors (Lipinski definition) is 5. The largest absolute Gasteiger partial charge is 0.490 e. The van der Waals surface area contributed by atoms with Crippen molar-refractivity contribution in [3.05, 3.63) is 100 Å². The van der Waals surface area contributed by atoms with Gasteiger partial charge in [-0.15, -0.1) is 0 Å². The Morgan fingerprint density at radius 2 is 1.65 bits per heavy atom. The van der Waals surface area contributed by atoms with Crippen molar-refractivity contribution in [3.8, 4) is 0 Å². The number of rotatable bonds is 8. The third-order valence-electron chi connectivity index (χ3n) is 7.94. The van der Waals surface area contributed by atoms with Crippen LogP contribution in [0.1, 0.15) is 35.1 Å². The number of carbonyl (C=O) groups is 3. The van der Waals surface area contributed by atoms with Crippen LogP contribution in [-0.2, 0) is 27.3 Å². The summed E-state index contributed by atoms with van der Waals surface area (Å²) in [6.45, 7) is 2.55. The van der Waals surface area contributed by atoms with Crippen molar-refractivity contribution < 1.29 is 50.9 Å². The van der Waals surface area contributed by atoms with E-state index in [4.69, 9.17) is 31.4 Å². The number of anilines is 1. The summed E-state index contributed by atoms with van der Waals surface area (Å²) in [7, 11) is 4.18. The predicted molar refractivity (Wildman–Crippen MR) is 188 cm³/mol. The number of nitrogens with one attached hydrogen (secondary N) is 2. The Balaban J connectivity index is 0.000000572. The first-order valence-electron chi connectivity index (χ1n) is 15.8. The lowest BCUT2D eigenvalue weighted by atomic mass is 9.88. The molecule has 4 aromatic rings. The van der Waals surface area contributed by atoms with Crippen LogP contribution >= 0.6 is 11.6 Å². The third kappa shape index (κ3) is 13.5. The van der Waals surface area contributed by atoms with Crippen LogP contribution in [0.25, 0.3) is 10.9 Å². The molecule has 0 aliphatic carbocycles. The minimum absolute atomic E-state index is 0.0472. The Morgan fingerprint density at radius 1 is 1.08 bits per heavy atom. The minimum Gasteiger partial charge on any atom is -0.483 e. The Labute approximate surface area is 302 Å². The number of para-hydroxylation sites is 1. The molecule has 3 atom stereocenters. The smallest absolute Gasteiger partial charge is 0.483 e. The summed E-state index contributed by atoms with van der Waals surface area (Å²) in [6.07, 6.45) is -2.11. The number of aromatic amines is 1. The van der Waals surface area contributed by atoms with Gasteiger partial charge in [-0.05, 0) is 74.3 Å². The molecular formula is C36H41ClF6N4O5. The van der Waals surface area contributed by atoms with Crippen molar-refractivity contribution in [2.24, 2.45) is 5.92 Å². The van der Waals surface area contributed by atoms with Gasteiger partial charge < -0.3 is 30.3 Å². The fraction of sp³-hybridized carbons (Fsp3) is 0.361. The lowest BCUT2D eigenvalue weighted by Gasteiger charge is -2.39. The quantitative estimate of drug-likeness (QED) is 0.107. The number of fused-ring (bicyclic) bond motifs is 2. The van der Waals surface area contributed by atoms with E-state index in [0.29, 0.717) is 24.0 Å². The molecule has 1 amide bonds. The molecule has 0 spiro atoms. The van der Waals surface area contributed by atoms with Gasteiger partial charge in [0.25, 0.3) is 6.47 Å². The number of H-pyrrole nitrogens is 1. The van der Waals surface area contributed by atoms with E-state index < -0.39 is 24.9 Å². The number of aromatic nitrogens is 1. The van der Waals surface area contributed by atoms with Gasteiger partial charge in [0, 0.05) is 53.4 Å². The van der Waals surface area contributed by atoms with Gasteiger partial charge in [0.15, 0.2) is 0 Å². The van der Waals surface area contributed by atoms with Gasteiger partial charge in [0.05, 0.1) is 6.04 Å². The maximum atomic E-state index is 14.5. The van der Waals surface area contributed by atoms with Crippen molar-refractivity contribution in [2.75, 3.05) is 32.1 Å². The van der Waals surface area contributed by atoms with Crippen LogP contribution in [0, 0.1) is 12.8 Å². The second-order valence-corrected chi connectivity index (χ2v) is 12.6. The molecule has 2 unspecified atom stereocenters. The molecule has 4 N–H and O–H groups in total. The van der Waals surface area contributed by atoms with Gasteiger partial charge in [-0.1, -0.05) is 66.6 Å². The zero-order valence-electron chi connectivity index (χ0n) is 28.8. The molecule has 2 heterocycles. The van der Waals surface area contributed by atoms with Gasteiger partial charge in [-0.25, -0.2) is 4.79 Å². The van der Waals surface area contributed by atoms with Gasteiger partial charge in [0.2, 0.25) is 5.91 Å². The molecule has 0 saturated carbocycles. The van der Waals surface area contributed by atoms with Crippen molar-refractivity contribution >= 4 is 46.5 Å². The molecule has 0 bridgehead atoms. The van der Waals surface area contributed by atoms with Crippen LogP contribution in [0.3, 0.4) is 0 Å². The van der Waals surface area contributed by atoms with Gasteiger partial charge in [-0.2, -0.15) is 26.3 Å². The van der Waals surface area contributed by atoms with E-state index in [1.54, 1.807) is 0 Å². The highest BCUT2D eigenvalue weighted by Crippen LogP contribution is 2.35. The van der Waals surface area contributed by atoms with E-state index in [0.717, 1.165) is 46.2 Å². The Hall–Kier alpha value is -4.60. The first-order valence-corrected chi connectivity index (χ1v) is 16.2. The average Bonchev–Trinajstić information content (AvgIpc) is 3.49. The van der Waals surface area contributed by atoms with Gasteiger partial charge >= 0.3 is 18.8 Å². The Bertz CT molecular complexity index is 1730. The summed E-state index contributed by atoms with van der Waals surface area (Å²) in [5.41, 5.74) is 6.74. The molecule has 0 radical (unpaired) electrons. The van der Waals surface area contributed by atoms with Gasteiger partial charge in [-0.3, -0.25) is 9.59 Å². The first kappa shape index (κ1) is 43.6. The number of benzene rings is 3. The second-order valence-electron chi connectivity index (χ2n) is 12.1. The van der Waals surface area contributed by atoms with Crippen LogP contribution in [0.4, 0.5) is 32.0 Å². The average molecular weight is 759 g/mol. The number of hydrogen-bond donors (Lipinski definition) is 4. The highest BCUT2D eigenvalue weighted by atomic mass is 35.5. The van der Waals surface area contributed by atoms with Crippen LogP contribution < -0.4 is 10.2 Å². The predicted octanol–water partition coefficient (Wildman–Crippen LogP) is 7.67. The van der Waals surface area contributed by atoms with Crippen molar-refractivity contribution in [3.63, 3.8) is 0 Å². The zero-order chi connectivity index (χ0) is 39.2. The molecule has 1 aliphatic rings. The van der Waals surface area contributed by atoms with Crippen molar-refractivity contribution in [2.45, 2.75) is 51.6 Å². The van der Waals surface area contributed by atoms with Crippen LogP contribution in [-0.4, -0.2) is 84.5 Å². The first-order chi connectivity index (χ1) is 24.4. The minimum atomic E-state index is -5.08.